The first-order valence-corrected chi connectivity index (χ1v) is 17.0. The zero-order valence-corrected chi connectivity index (χ0v) is 26.8. The molecule has 2 aliphatic rings. The number of hydrogen-bond acceptors (Lipinski definition) is 10. The Morgan fingerprint density at radius 3 is 2.47 bits per heavy atom. The van der Waals surface area contributed by atoms with Crippen molar-refractivity contribution in [3.8, 4) is 5.75 Å². The van der Waals surface area contributed by atoms with Gasteiger partial charge in [-0.15, -0.1) is 0 Å². The average Bonchev–Trinajstić information content (AvgIpc) is 3.29. The molecule has 0 spiro atoms. The second kappa shape index (κ2) is 11.6. The molecule has 3 aromatic rings. The first-order chi connectivity index (χ1) is 20.3. The molecule has 3 aromatic carbocycles. The number of sulfonamides is 1. The fourth-order valence-corrected chi connectivity index (χ4v) is 9.15. The summed E-state index contributed by atoms with van der Waals surface area (Å²) in [5.41, 5.74) is 1.53. The van der Waals surface area contributed by atoms with Gasteiger partial charge in [-0.25, -0.2) is 8.42 Å². The van der Waals surface area contributed by atoms with E-state index in [4.69, 9.17) is 13.9 Å². The van der Waals surface area contributed by atoms with Crippen molar-refractivity contribution >= 4 is 65.8 Å². The standard InChI is InChI=1S/C28H26IN3O9S2/c1-18-10-12-19(13-11-18)43(38,39)41-23-8-5-6-20-26(23)30-27-22(14-15-25(33)40-2)31(17-16-28(20,27)29)42(36,37)24-9-4-3-7-21(24)32(34)35/h3-13,22H,14-17H2,1-2H3/t22-,28?/m1/s1. The van der Waals surface area contributed by atoms with Crippen LogP contribution in [0, 0.1) is 17.0 Å². The third-order valence-electron chi connectivity index (χ3n) is 7.41. The number of para-hydroxylation sites is 2. The summed E-state index contributed by atoms with van der Waals surface area (Å²) >= 11 is 2.17. The van der Waals surface area contributed by atoms with Crippen LogP contribution in [0.2, 0.25) is 0 Å². The number of nitrogens with zero attached hydrogens (tertiary/aromatic N) is 3. The molecule has 0 bridgehead atoms. The molecule has 1 saturated heterocycles. The van der Waals surface area contributed by atoms with Crippen LogP contribution in [0.5, 0.6) is 5.75 Å². The Bertz CT molecular complexity index is 1860. The minimum Gasteiger partial charge on any atom is -0.469 e. The van der Waals surface area contributed by atoms with Crippen molar-refractivity contribution in [3.05, 3.63) is 88.0 Å². The third-order valence-corrected chi connectivity index (χ3v) is 12.3. The quantitative estimate of drug-likeness (QED) is 0.0749. The normalized spacial score (nSPS) is 20.1. The lowest BCUT2D eigenvalue weighted by atomic mass is 9.84. The number of ether oxygens (including phenoxy) is 1. The van der Waals surface area contributed by atoms with Gasteiger partial charge in [-0.05, 0) is 44.0 Å². The highest BCUT2D eigenvalue weighted by molar-refractivity contribution is 14.1. The highest BCUT2D eigenvalue weighted by Crippen LogP contribution is 2.55. The minimum absolute atomic E-state index is 0.0258. The number of aliphatic imine (C=N–C) groups is 1. The lowest BCUT2D eigenvalue weighted by Crippen LogP contribution is -2.55. The summed E-state index contributed by atoms with van der Waals surface area (Å²) in [6.07, 6.45) is 0.0431. The van der Waals surface area contributed by atoms with Gasteiger partial charge in [-0.1, -0.05) is 64.6 Å². The summed E-state index contributed by atoms with van der Waals surface area (Å²) in [6.45, 7) is 1.78. The number of nitro groups is 1. The van der Waals surface area contributed by atoms with Crippen LogP contribution in [-0.2, 0) is 33.1 Å². The van der Waals surface area contributed by atoms with E-state index in [1.165, 1.54) is 43.5 Å². The Balaban J connectivity index is 1.60. The van der Waals surface area contributed by atoms with E-state index in [-0.39, 0.29) is 42.1 Å². The molecule has 12 nitrogen and oxygen atoms in total. The number of esters is 1. The van der Waals surface area contributed by atoms with Gasteiger partial charge in [-0.3, -0.25) is 19.9 Å². The van der Waals surface area contributed by atoms with Gasteiger partial charge in [0.25, 0.3) is 15.7 Å². The molecule has 43 heavy (non-hydrogen) atoms. The number of aryl methyl sites for hydroxylation is 1. The summed E-state index contributed by atoms with van der Waals surface area (Å²) in [7, 11) is -7.46. The van der Waals surface area contributed by atoms with Gasteiger partial charge in [0.1, 0.15) is 10.6 Å². The molecule has 0 N–H and O–H groups in total. The van der Waals surface area contributed by atoms with Crippen molar-refractivity contribution in [2.75, 3.05) is 13.7 Å². The molecule has 226 valence electrons. The second-order valence-corrected chi connectivity index (χ2v) is 15.3. The Labute approximate surface area is 262 Å². The monoisotopic (exact) mass is 739 g/mol. The SMILES string of the molecule is COC(=O)CC[C@@H]1C2=Nc3c(OS(=O)(=O)c4ccc(C)cc4)cccc3C2(I)CCN1S(=O)(=O)c1ccccc1[N+](=O)[O-]. The largest absolute Gasteiger partial charge is 0.469 e. The zero-order valence-electron chi connectivity index (χ0n) is 23.0. The topological polar surface area (TPSA) is 163 Å². The van der Waals surface area contributed by atoms with Crippen LogP contribution in [-0.4, -0.2) is 57.4 Å². The van der Waals surface area contributed by atoms with Gasteiger partial charge in [-0.2, -0.15) is 12.7 Å². The van der Waals surface area contributed by atoms with Gasteiger partial charge < -0.3 is 8.92 Å². The third kappa shape index (κ3) is 5.65. The molecule has 15 heteroatoms. The number of carbonyl (C=O) groups excluding carboxylic acids is 1. The highest BCUT2D eigenvalue weighted by Gasteiger charge is 2.53. The molecule has 0 radical (unpaired) electrons. The van der Waals surface area contributed by atoms with Gasteiger partial charge in [0.15, 0.2) is 10.6 Å². The molecule has 2 heterocycles. The predicted octanol–water partition coefficient (Wildman–Crippen LogP) is 4.80. The smallest absolute Gasteiger partial charge is 0.339 e. The van der Waals surface area contributed by atoms with Crippen molar-refractivity contribution in [1.82, 2.24) is 4.31 Å². The highest BCUT2D eigenvalue weighted by atomic mass is 127. The van der Waals surface area contributed by atoms with E-state index in [1.54, 1.807) is 24.3 Å². The van der Waals surface area contributed by atoms with E-state index in [2.05, 4.69) is 22.6 Å². The number of alkyl halides is 1. The van der Waals surface area contributed by atoms with E-state index in [1.807, 2.05) is 6.92 Å². The Kier molecular flexibility index (Phi) is 8.36. The minimum atomic E-state index is -4.44. The predicted molar refractivity (Wildman–Crippen MR) is 165 cm³/mol. The molecule has 0 aliphatic carbocycles. The summed E-state index contributed by atoms with van der Waals surface area (Å²) in [4.78, 5) is 27.4. The summed E-state index contributed by atoms with van der Waals surface area (Å²) in [5.74, 6) is -0.604. The van der Waals surface area contributed by atoms with Gasteiger partial charge in [0.05, 0.1) is 27.2 Å². The van der Waals surface area contributed by atoms with Gasteiger partial charge in [0.2, 0.25) is 0 Å². The summed E-state index contributed by atoms with van der Waals surface area (Å²) < 4.78 is 64.9. The first-order valence-electron chi connectivity index (χ1n) is 13.0. The molecule has 2 atom stereocenters. The summed E-state index contributed by atoms with van der Waals surface area (Å²) in [5, 5.41) is 11.7. The second-order valence-electron chi connectivity index (χ2n) is 10.0. The molecule has 2 aliphatic heterocycles. The fraction of sp³-hybridized carbons (Fsp3) is 0.286. The van der Waals surface area contributed by atoms with Crippen LogP contribution in [0.4, 0.5) is 11.4 Å². The molecular weight excluding hydrogens is 713 g/mol. The van der Waals surface area contributed by atoms with Gasteiger partial charge >= 0.3 is 16.1 Å². The van der Waals surface area contributed by atoms with Crippen molar-refractivity contribution in [3.63, 3.8) is 0 Å². The Hall–Kier alpha value is -3.41. The maximum Gasteiger partial charge on any atom is 0.339 e. The van der Waals surface area contributed by atoms with Crippen molar-refractivity contribution < 1.29 is 35.5 Å². The number of nitro benzene ring substituents is 1. The molecule has 0 aromatic heterocycles. The van der Waals surface area contributed by atoms with E-state index in [0.29, 0.717) is 11.3 Å². The molecule has 0 saturated carbocycles. The maximum atomic E-state index is 14.0. The number of carbonyl (C=O) groups is 1. The van der Waals surface area contributed by atoms with Crippen LogP contribution in [0.15, 0.2) is 81.5 Å². The lowest BCUT2D eigenvalue weighted by Gasteiger charge is -2.42. The Morgan fingerprint density at radius 2 is 1.79 bits per heavy atom. The number of benzene rings is 3. The summed E-state index contributed by atoms with van der Waals surface area (Å²) in [6, 6.07) is 15.1. The number of rotatable bonds is 9. The number of hydrogen-bond donors (Lipinski definition) is 0. The Morgan fingerprint density at radius 1 is 1.09 bits per heavy atom. The van der Waals surface area contributed by atoms with E-state index >= 15 is 0 Å². The number of piperidine rings is 1. The fourth-order valence-electron chi connectivity index (χ4n) is 5.28. The van der Waals surface area contributed by atoms with Crippen molar-refractivity contribution in [1.29, 1.82) is 0 Å². The van der Waals surface area contributed by atoms with Crippen LogP contribution >= 0.6 is 22.6 Å². The van der Waals surface area contributed by atoms with Crippen LogP contribution < -0.4 is 4.18 Å². The zero-order chi connectivity index (χ0) is 31.2. The van der Waals surface area contributed by atoms with Crippen molar-refractivity contribution in [2.45, 2.75) is 45.4 Å². The molecule has 1 fully saturated rings. The molecule has 1 unspecified atom stereocenters. The first kappa shape index (κ1) is 31.0. The molecule has 0 amide bonds. The van der Waals surface area contributed by atoms with E-state index in [0.717, 1.165) is 15.9 Å². The van der Waals surface area contributed by atoms with Crippen LogP contribution in [0.1, 0.15) is 30.4 Å². The lowest BCUT2D eigenvalue weighted by molar-refractivity contribution is -0.387. The van der Waals surface area contributed by atoms with Crippen LogP contribution in [0.3, 0.4) is 0 Å². The number of halogens is 1. The average molecular weight is 740 g/mol. The molecular formula is C28H26IN3O9S2. The molecule has 5 rings (SSSR count). The maximum absolute atomic E-state index is 14.0. The van der Waals surface area contributed by atoms with Gasteiger partial charge in [0, 0.05) is 24.6 Å². The van der Waals surface area contributed by atoms with Crippen LogP contribution in [0.25, 0.3) is 0 Å². The van der Waals surface area contributed by atoms with Crippen molar-refractivity contribution in [2.24, 2.45) is 4.99 Å². The number of fused-ring (bicyclic) bond motifs is 3. The van der Waals surface area contributed by atoms with E-state index in [9.17, 15) is 31.7 Å². The van der Waals surface area contributed by atoms with E-state index < -0.39 is 51.1 Å². The number of methoxy groups -OCH3 is 1.